The summed E-state index contributed by atoms with van der Waals surface area (Å²) in [5.41, 5.74) is 9.44. The zero-order chi connectivity index (χ0) is 17.6. The van der Waals surface area contributed by atoms with Gasteiger partial charge in [0.2, 0.25) is 0 Å². The molecule has 3 N–H and O–H groups in total. The van der Waals surface area contributed by atoms with E-state index in [1.54, 1.807) is 24.3 Å². The van der Waals surface area contributed by atoms with Gasteiger partial charge in [-0.2, -0.15) is 0 Å². The van der Waals surface area contributed by atoms with E-state index in [0.29, 0.717) is 17.8 Å². The maximum absolute atomic E-state index is 12.3. The van der Waals surface area contributed by atoms with Crippen LogP contribution >= 0.6 is 24.8 Å². The molecule has 2 aromatic rings. The summed E-state index contributed by atoms with van der Waals surface area (Å²) in [6, 6.07) is 15.4. The zero-order valence-corrected chi connectivity index (χ0v) is 17.3. The number of hydrogen-bond donors (Lipinski definition) is 2. The fourth-order valence-electron chi connectivity index (χ4n) is 3.51. The molecule has 1 heterocycles. The molecule has 1 aliphatic heterocycles. The van der Waals surface area contributed by atoms with Gasteiger partial charge in [-0.1, -0.05) is 37.3 Å². The van der Waals surface area contributed by atoms with Crippen molar-refractivity contribution in [2.45, 2.75) is 32.9 Å². The number of benzene rings is 2. The first kappa shape index (κ1) is 23.3. The van der Waals surface area contributed by atoms with Crippen LogP contribution in [-0.4, -0.2) is 23.9 Å². The van der Waals surface area contributed by atoms with Crippen molar-refractivity contribution < 1.29 is 4.79 Å². The van der Waals surface area contributed by atoms with Crippen molar-refractivity contribution in [3.63, 3.8) is 0 Å². The normalized spacial score (nSPS) is 16.7. The van der Waals surface area contributed by atoms with Crippen molar-refractivity contribution in [3.8, 4) is 0 Å². The minimum Gasteiger partial charge on any atom is -0.399 e. The summed E-state index contributed by atoms with van der Waals surface area (Å²) in [5, 5.41) is 3.02. The second-order valence-corrected chi connectivity index (χ2v) is 7.06. The number of nitrogens with one attached hydrogen (secondary N) is 1. The lowest BCUT2D eigenvalue weighted by Crippen LogP contribution is -2.34. The summed E-state index contributed by atoms with van der Waals surface area (Å²) in [6.07, 6.45) is 2.60. The molecule has 1 fully saturated rings. The van der Waals surface area contributed by atoms with Crippen molar-refractivity contribution in [2.24, 2.45) is 5.92 Å². The van der Waals surface area contributed by atoms with Crippen molar-refractivity contribution in [3.05, 3.63) is 65.2 Å². The van der Waals surface area contributed by atoms with Crippen molar-refractivity contribution in [1.29, 1.82) is 0 Å². The number of nitrogens with zero attached hydrogens (tertiary/aromatic N) is 1. The minimum atomic E-state index is -0.0892. The average Bonchev–Trinajstić information content (AvgIpc) is 2.61. The standard InChI is InChI=1S/C21H27N3O.2ClH/c1-16-6-5-11-24(14-16)15-19-8-3-2-7-18(19)13-23-21(25)17-9-4-10-20(22)12-17;;/h2-4,7-10,12,16H,5-6,11,13-15,22H2,1H3,(H,23,25);2*1H. The van der Waals surface area contributed by atoms with E-state index in [9.17, 15) is 4.79 Å². The van der Waals surface area contributed by atoms with Crippen LogP contribution in [-0.2, 0) is 13.1 Å². The highest BCUT2D eigenvalue weighted by Crippen LogP contribution is 2.19. The fraction of sp³-hybridized carbons (Fsp3) is 0.381. The number of halogens is 2. The van der Waals surface area contributed by atoms with Crippen LogP contribution in [0.25, 0.3) is 0 Å². The Labute approximate surface area is 174 Å². The molecule has 0 aliphatic carbocycles. The SMILES string of the molecule is CC1CCCN(Cc2ccccc2CNC(=O)c2cccc(N)c2)C1.Cl.Cl. The first-order chi connectivity index (χ1) is 12.1. The van der Waals surface area contributed by atoms with Gasteiger partial charge in [0.05, 0.1) is 0 Å². The van der Waals surface area contributed by atoms with Gasteiger partial charge in [0, 0.05) is 30.9 Å². The maximum Gasteiger partial charge on any atom is 0.251 e. The first-order valence-electron chi connectivity index (χ1n) is 9.04. The molecule has 1 atom stereocenters. The summed E-state index contributed by atoms with van der Waals surface area (Å²) in [5.74, 6) is 0.679. The number of likely N-dealkylation sites (tertiary alicyclic amines) is 1. The molecule has 0 spiro atoms. The number of rotatable bonds is 5. The minimum absolute atomic E-state index is 0. The topological polar surface area (TPSA) is 58.4 Å². The van der Waals surface area contributed by atoms with E-state index in [-0.39, 0.29) is 30.7 Å². The quantitative estimate of drug-likeness (QED) is 0.724. The van der Waals surface area contributed by atoms with E-state index >= 15 is 0 Å². The van der Waals surface area contributed by atoms with Crippen LogP contribution in [0.3, 0.4) is 0 Å². The average molecular weight is 410 g/mol. The Balaban J connectivity index is 0.00000182. The Bertz CT molecular complexity index is 739. The zero-order valence-electron chi connectivity index (χ0n) is 15.7. The summed E-state index contributed by atoms with van der Waals surface area (Å²) in [6.45, 7) is 6.13. The molecule has 1 aliphatic rings. The number of nitrogens with two attached hydrogens (primary N) is 1. The van der Waals surface area contributed by atoms with Crippen molar-refractivity contribution in [1.82, 2.24) is 10.2 Å². The highest BCUT2D eigenvalue weighted by atomic mass is 35.5. The lowest BCUT2D eigenvalue weighted by atomic mass is 9.99. The highest BCUT2D eigenvalue weighted by Gasteiger charge is 2.17. The van der Waals surface area contributed by atoms with Crippen LogP contribution in [0, 0.1) is 5.92 Å². The van der Waals surface area contributed by atoms with Gasteiger partial charge >= 0.3 is 0 Å². The Kier molecular flexibility index (Phi) is 9.64. The third-order valence-corrected chi connectivity index (χ3v) is 4.84. The number of piperidine rings is 1. The van der Waals surface area contributed by atoms with E-state index in [0.717, 1.165) is 25.6 Å². The number of carbonyl (C=O) groups is 1. The molecule has 0 radical (unpaired) electrons. The summed E-state index contributed by atoms with van der Waals surface area (Å²) >= 11 is 0. The Hall–Kier alpha value is -1.75. The van der Waals surface area contributed by atoms with Crippen LogP contribution in [0.2, 0.25) is 0 Å². The lowest BCUT2D eigenvalue weighted by Gasteiger charge is -2.31. The van der Waals surface area contributed by atoms with Gasteiger partial charge < -0.3 is 11.1 Å². The third kappa shape index (κ3) is 6.73. The predicted molar refractivity (Wildman–Crippen MR) is 117 cm³/mol. The van der Waals surface area contributed by atoms with Gasteiger partial charge in [-0.15, -0.1) is 24.8 Å². The van der Waals surface area contributed by atoms with Crippen LogP contribution in [0.1, 0.15) is 41.3 Å². The van der Waals surface area contributed by atoms with Gasteiger partial charge in [0.1, 0.15) is 0 Å². The lowest BCUT2D eigenvalue weighted by molar-refractivity contribution is 0.0950. The third-order valence-electron chi connectivity index (χ3n) is 4.84. The smallest absolute Gasteiger partial charge is 0.251 e. The summed E-state index contributed by atoms with van der Waals surface area (Å²) in [7, 11) is 0. The van der Waals surface area contributed by atoms with E-state index in [2.05, 4.69) is 35.3 Å². The van der Waals surface area contributed by atoms with E-state index < -0.39 is 0 Å². The molecule has 1 amide bonds. The number of amides is 1. The molecular weight excluding hydrogens is 381 g/mol. The van der Waals surface area contributed by atoms with Gasteiger partial charge in [0.25, 0.3) is 5.91 Å². The number of nitrogen functional groups attached to an aromatic ring is 1. The second-order valence-electron chi connectivity index (χ2n) is 7.06. The molecule has 148 valence electrons. The monoisotopic (exact) mass is 409 g/mol. The fourth-order valence-corrected chi connectivity index (χ4v) is 3.51. The van der Waals surface area contributed by atoms with Crippen LogP contribution in [0.4, 0.5) is 5.69 Å². The van der Waals surface area contributed by atoms with Gasteiger partial charge in [0.15, 0.2) is 0 Å². The molecule has 27 heavy (non-hydrogen) atoms. The van der Waals surface area contributed by atoms with E-state index in [1.807, 2.05) is 6.07 Å². The molecule has 3 rings (SSSR count). The van der Waals surface area contributed by atoms with E-state index in [4.69, 9.17) is 5.73 Å². The van der Waals surface area contributed by atoms with Crippen LogP contribution < -0.4 is 11.1 Å². The van der Waals surface area contributed by atoms with Gasteiger partial charge in [-0.3, -0.25) is 9.69 Å². The van der Waals surface area contributed by atoms with Gasteiger partial charge in [-0.05, 0) is 54.6 Å². The Morgan fingerprint density at radius 3 is 2.59 bits per heavy atom. The molecule has 0 saturated carbocycles. The highest BCUT2D eigenvalue weighted by molar-refractivity contribution is 5.94. The second kappa shape index (κ2) is 11.2. The molecular formula is C21H29Cl2N3O. The number of hydrogen-bond acceptors (Lipinski definition) is 3. The maximum atomic E-state index is 12.3. The van der Waals surface area contributed by atoms with Crippen molar-refractivity contribution >= 4 is 36.4 Å². The molecule has 0 bridgehead atoms. The molecule has 4 nitrogen and oxygen atoms in total. The summed E-state index contributed by atoms with van der Waals surface area (Å²) in [4.78, 5) is 14.9. The van der Waals surface area contributed by atoms with Crippen LogP contribution in [0.5, 0.6) is 0 Å². The van der Waals surface area contributed by atoms with Crippen molar-refractivity contribution in [2.75, 3.05) is 18.8 Å². The number of anilines is 1. The summed E-state index contributed by atoms with van der Waals surface area (Å²) < 4.78 is 0. The predicted octanol–water partition coefficient (Wildman–Crippen LogP) is 4.27. The van der Waals surface area contributed by atoms with Crippen LogP contribution in [0.15, 0.2) is 48.5 Å². The molecule has 0 aromatic heterocycles. The molecule has 1 saturated heterocycles. The Morgan fingerprint density at radius 1 is 1.15 bits per heavy atom. The Morgan fingerprint density at radius 2 is 1.89 bits per heavy atom. The van der Waals surface area contributed by atoms with E-state index in [1.165, 1.54) is 24.0 Å². The van der Waals surface area contributed by atoms with Gasteiger partial charge in [-0.25, -0.2) is 0 Å². The molecule has 2 aromatic carbocycles. The first-order valence-corrected chi connectivity index (χ1v) is 9.04. The number of carbonyl (C=O) groups excluding carboxylic acids is 1. The molecule has 6 heteroatoms. The largest absolute Gasteiger partial charge is 0.399 e. The molecule has 1 unspecified atom stereocenters.